The summed E-state index contributed by atoms with van der Waals surface area (Å²) in [6.07, 6.45) is 4.13. The lowest BCUT2D eigenvalue weighted by atomic mass is 9.99. The van der Waals surface area contributed by atoms with E-state index in [1.54, 1.807) is 0 Å². The van der Waals surface area contributed by atoms with Crippen molar-refractivity contribution in [3.63, 3.8) is 0 Å². The van der Waals surface area contributed by atoms with Crippen LogP contribution in [-0.2, 0) is 9.53 Å². The van der Waals surface area contributed by atoms with Gasteiger partial charge in [0.05, 0.1) is 6.10 Å². The van der Waals surface area contributed by atoms with Crippen molar-refractivity contribution in [3.05, 3.63) is 35.4 Å². The Morgan fingerprint density at radius 2 is 1.88 bits per heavy atom. The van der Waals surface area contributed by atoms with Crippen LogP contribution in [0, 0.1) is 5.92 Å². The Morgan fingerprint density at radius 1 is 1.23 bits per heavy atom. The van der Waals surface area contributed by atoms with Crippen molar-refractivity contribution in [1.29, 1.82) is 0 Å². The second kappa shape index (κ2) is 9.72. The molecule has 1 aliphatic carbocycles. The molecular weight excluding hydrogens is 348 g/mol. The van der Waals surface area contributed by atoms with E-state index in [1.165, 1.54) is 11.1 Å². The number of amides is 1. The summed E-state index contributed by atoms with van der Waals surface area (Å²) in [5.41, 5.74) is 8.18. The number of carbonyl (C=O) groups is 1. The molecule has 2 atom stereocenters. The Balaban J connectivity index is 0.00000243. The van der Waals surface area contributed by atoms with Crippen LogP contribution in [0.5, 0.6) is 0 Å². The first-order valence-electron chi connectivity index (χ1n) is 9.80. The first kappa shape index (κ1) is 21.2. The molecule has 1 aromatic rings. The van der Waals surface area contributed by atoms with Crippen molar-refractivity contribution >= 4 is 18.3 Å². The van der Waals surface area contributed by atoms with Gasteiger partial charge in [0, 0.05) is 25.6 Å². The summed E-state index contributed by atoms with van der Waals surface area (Å²) in [5, 5.41) is 0. The predicted molar refractivity (Wildman–Crippen MR) is 108 cm³/mol. The van der Waals surface area contributed by atoms with Crippen LogP contribution in [0.4, 0.5) is 0 Å². The number of nitrogens with zero attached hydrogens (tertiary/aromatic N) is 1. The second-order valence-corrected chi connectivity index (χ2v) is 7.81. The third-order valence-corrected chi connectivity index (χ3v) is 5.59. The molecule has 26 heavy (non-hydrogen) atoms. The van der Waals surface area contributed by atoms with Crippen LogP contribution in [0.1, 0.15) is 62.5 Å². The van der Waals surface area contributed by atoms with Crippen molar-refractivity contribution < 1.29 is 9.53 Å². The molecule has 5 heteroatoms. The fourth-order valence-corrected chi connectivity index (χ4v) is 3.78. The number of ether oxygens (including phenoxy) is 1. The lowest BCUT2D eigenvalue weighted by Gasteiger charge is -2.32. The molecule has 2 aliphatic rings. The highest BCUT2D eigenvalue weighted by molar-refractivity contribution is 5.85. The summed E-state index contributed by atoms with van der Waals surface area (Å²) in [6.45, 7) is 7.51. The molecule has 146 valence electrons. The molecule has 2 N–H and O–H groups in total. The smallest absolute Gasteiger partial charge is 0.226 e. The van der Waals surface area contributed by atoms with Crippen LogP contribution in [0.2, 0.25) is 0 Å². The molecule has 3 rings (SSSR count). The Hall–Kier alpha value is -1.10. The van der Waals surface area contributed by atoms with Crippen LogP contribution >= 0.6 is 12.4 Å². The molecule has 0 aromatic heterocycles. The molecule has 1 aromatic carbocycles. The number of likely N-dealkylation sites (tertiary alicyclic amines) is 1. The summed E-state index contributed by atoms with van der Waals surface area (Å²) in [5.74, 6) is 1.52. The van der Waals surface area contributed by atoms with Crippen molar-refractivity contribution in [1.82, 2.24) is 4.90 Å². The number of benzene rings is 1. The molecule has 1 saturated carbocycles. The van der Waals surface area contributed by atoms with Crippen molar-refractivity contribution in [3.8, 4) is 0 Å². The summed E-state index contributed by atoms with van der Waals surface area (Å²) >= 11 is 0. The summed E-state index contributed by atoms with van der Waals surface area (Å²) in [4.78, 5) is 14.8. The normalized spacial score (nSPS) is 23.0. The standard InChI is InChI=1S/C21H32N2O2.ClH/c1-15(2)16-4-6-17(7-5-16)19-14-20(19)21(24)23-11-8-18(9-12-23)25-13-3-10-22;/h4-7,15,18-20H,3,8-14,22H2,1-2H3;1H. The van der Waals surface area contributed by atoms with Gasteiger partial charge in [0.25, 0.3) is 0 Å². The van der Waals surface area contributed by atoms with Crippen LogP contribution in [0.25, 0.3) is 0 Å². The number of rotatable bonds is 7. The molecule has 0 bridgehead atoms. The van der Waals surface area contributed by atoms with Gasteiger partial charge in [-0.25, -0.2) is 0 Å². The Morgan fingerprint density at radius 3 is 2.46 bits per heavy atom. The average molecular weight is 381 g/mol. The predicted octanol–water partition coefficient (Wildman–Crippen LogP) is 3.69. The van der Waals surface area contributed by atoms with E-state index in [9.17, 15) is 4.79 Å². The molecule has 1 amide bonds. The first-order valence-corrected chi connectivity index (χ1v) is 9.80. The van der Waals surface area contributed by atoms with E-state index < -0.39 is 0 Å². The fraction of sp³-hybridized carbons (Fsp3) is 0.667. The van der Waals surface area contributed by atoms with Gasteiger partial charge >= 0.3 is 0 Å². The van der Waals surface area contributed by atoms with E-state index >= 15 is 0 Å². The van der Waals surface area contributed by atoms with E-state index in [1.807, 2.05) is 0 Å². The summed E-state index contributed by atoms with van der Waals surface area (Å²) < 4.78 is 5.83. The van der Waals surface area contributed by atoms with Gasteiger partial charge in [-0.2, -0.15) is 0 Å². The van der Waals surface area contributed by atoms with Crippen LogP contribution in [-0.4, -0.2) is 43.2 Å². The summed E-state index contributed by atoms with van der Waals surface area (Å²) in [7, 11) is 0. The maximum absolute atomic E-state index is 12.8. The molecule has 2 fully saturated rings. The van der Waals surface area contributed by atoms with E-state index in [-0.39, 0.29) is 18.3 Å². The first-order chi connectivity index (χ1) is 12.1. The van der Waals surface area contributed by atoms with E-state index in [4.69, 9.17) is 10.5 Å². The molecule has 1 saturated heterocycles. The van der Waals surface area contributed by atoms with Gasteiger partial charge in [-0.1, -0.05) is 38.1 Å². The monoisotopic (exact) mass is 380 g/mol. The molecule has 0 spiro atoms. The average Bonchev–Trinajstić information content (AvgIpc) is 3.43. The lowest BCUT2D eigenvalue weighted by Crippen LogP contribution is -2.42. The highest BCUT2D eigenvalue weighted by Crippen LogP contribution is 2.48. The number of halogens is 1. The van der Waals surface area contributed by atoms with Gasteiger partial charge in [-0.15, -0.1) is 12.4 Å². The van der Waals surface area contributed by atoms with E-state index in [0.29, 0.717) is 30.4 Å². The maximum atomic E-state index is 12.8. The largest absolute Gasteiger partial charge is 0.378 e. The Kier molecular flexibility index (Phi) is 7.93. The topological polar surface area (TPSA) is 55.6 Å². The molecule has 4 nitrogen and oxygen atoms in total. The highest BCUT2D eigenvalue weighted by Gasteiger charge is 2.46. The minimum absolute atomic E-state index is 0. The van der Waals surface area contributed by atoms with Crippen LogP contribution in [0.3, 0.4) is 0 Å². The Bertz CT molecular complexity index is 568. The number of carbonyl (C=O) groups excluding carboxylic acids is 1. The van der Waals surface area contributed by atoms with Crippen molar-refractivity contribution in [2.45, 2.75) is 57.5 Å². The zero-order valence-corrected chi connectivity index (χ0v) is 16.8. The summed E-state index contributed by atoms with van der Waals surface area (Å²) in [6, 6.07) is 8.85. The SMILES string of the molecule is CC(C)c1ccc(C2CC2C(=O)N2CCC(OCCCN)CC2)cc1.Cl. The van der Waals surface area contributed by atoms with Gasteiger partial charge < -0.3 is 15.4 Å². The third-order valence-electron chi connectivity index (χ3n) is 5.59. The Labute approximate surface area is 163 Å². The molecule has 1 aliphatic heterocycles. The van der Waals surface area contributed by atoms with Crippen molar-refractivity contribution in [2.24, 2.45) is 11.7 Å². The number of nitrogens with two attached hydrogens (primary N) is 1. The van der Waals surface area contributed by atoms with Crippen LogP contribution in [0.15, 0.2) is 24.3 Å². The quantitative estimate of drug-likeness (QED) is 0.734. The molecule has 0 radical (unpaired) electrons. The zero-order valence-electron chi connectivity index (χ0n) is 16.0. The van der Waals surface area contributed by atoms with Gasteiger partial charge in [0.2, 0.25) is 5.91 Å². The lowest BCUT2D eigenvalue weighted by molar-refractivity contribution is -0.135. The number of hydrogen-bond acceptors (Lipinski definition) is 3. The van der Waals surface area contributed by atoms with Gasteiger partial charge in [0.1, 0.15) is 0 Å². The van der Waals surface area contributed by atoms with Gasteiger partial charge in [0.15, 0.2) is 0 Å². The third kappa shape index (κ3) is 5.21. The zero-order chi connectivity index (χ0) is 17.8. The maximum Gasteiger partial charge on any atom is 0.226 e. The molecule has 1 heterocycles. The van der Waals surface area contributed by atoms with Gasteiger partial charge in [-0.3, -0.25) is 4.79 Å². The van der Waals surface area contributed by atoms with E-state index in [0.717, 1.165) is 45.4 Å². The van der Waals surface area contributed by atoms with E-state index in [2.05, 4.69) is 43.0 Å². The minimum atomic E-state index is 0. The second-order valence-electron chi connectivity index (χ2n) is 7.81. The number of piperidine rings is 1. The molecular formula is C21H33ClN2O2. The molecule has 2 unspecified atom stereocenters. The van der Waals surface area contributed by atoms with Gasteiger partial charge in [-0.05, 0) is 55.2 Å². The fourth-order valence-electron chi connectivity index (χ4n) is 3.78. The van der Waals surface area contributed by atoms with Crippen molar-refractivity contribution in [2.75, 3.05) is 26.2 Å². The van der Waals surface area contributed by atoms with Crippen LogP contribution < -0.4 is 5.73 Å². The minimum Gasteiger partial charge on any atom is -0.378 e. The highest BCUT2D eigenvalue weighted by atomic mass is 35.5. The number of hydrogen-bond donors (Lipinski definition) is 1.